The number of nitrogens with one attached hydrogen (secondary N) is 1. The molecule has 0 aromatic heterocycles. The highest BCUT2D eigenvalue weighted by atomic mass is 16.1. The van der Waals surface area contributed by atoms with Gasteiger partial charge in [-0.3, -0.25) is 4.79 Å². The SMILES string of the molecule is CC(C)c1ccc(C(N)CNC(=O)C(C)C(C)C)cc1. The summed E-state index contributed by atoms with van der Waals surface area (Å²) in [7, 11) is 0. The predicted octanol–water partition coefficient (Wildman–Crippen LogP) is 3.22. The summed E-state index contributed by atoms with van der Waals surface area (Å²) in [6.07, 6.45) is 0. The Hall–Kier alpha value is -1.35. The van der Waals surface area contributed by atoms with Crippen molar-refractivity contribution < 1.29 is 4.79 Å². The first-order valence-corrected chi connectivity index (χ1v) is 7.46. The largest absolute Gasteiger partial charge is 0.354 e. The van der Waals surface area contributed by atoms with Crippen LogP contribution in [-0.4, -0.2) is 12.5 Å². The van der Waals surface area contributed by atoms with E-state index in [0.29, 0.717) is 18.4 Å². The zero-order valence-electron chi connectivity index (χ0n) is 13.3. The molecule has 0 heterocycles. The quantitative estimate of drug-likeness (QED) is 0.838. The smallest absolute Gasteiger partial charge is 0.223 e. The van der Waals surface area contributed by atoms with Gasteiger partial charge in [0.25, 0.3) is 0 Å². The highest BCUT2D eigenvalue weighted by Gasteiger charge is 2.17. The molecule has 0 spiro atoms. The normalized spacial score (nSPS) is 14.4. The minimum Gasteiger partial charge on any atom is -0.354 e. The molecule has 3 N–H and O–H groups in total. The third-order valence-electron chi connectivity index (χ3n) is 3.94. The van der Waals surface area contributed by atoms with Gasteiger partial charge in [0.2, 0.25) is 5.91 Å². The van der Waals surface area contributed by atoms with Crippen molar-refractivity contribution in [3.63, 3.8) is 0 Å². The highest BCUT2D eigenvalue weighted by molar-refractivity contribution is 5.78. The topological polar surface area (TPSA) is 55.1 Å². The summed E-state index contributed by atoms with van der Waals surface area (Å²) in [5, 5.41) is 2.94. The van der Waals surface area contributed by atoms with E-state index in [0.717, 1.165) is 5.56 Å². The molecular formula is C17H28N2O. The second-order valence-corrected chi connectivity index (χ2v) is 6.21. The Labute approximate surface area is 122 Å². The van der Waals surface area contributed by atoms with E-state index in [1.807, 2.05) is 6.92 Å². The lowest BCUT2D eigenvalue weighted by Gasteiger charge is -2.18. The van der Waals surface area contributed by atoms with Gasteiger partial charge in [-0.1, -0.05) is 58.9 Å². The van der Waals surface area contributed by atoms with Gasteiger partial charge in [-0.2, -0.15) is 0 Å². The van der Waals surface area contributed by atoms with E-state index in [2.05, 4.69) is 57.3 Å². The van der Waals surface area contributed by atoms with Crippen LogP contribution in [0.2, 0.25) is 0 Å². The summed E-state index contributed by atoms with van der Waals surface area (Å²) in [4.78, 5) is 11.9. The summed E-state index contributed by atoms with van der Waals surface area (Å²) in [5.74, 6) is 0.961. The summed E-state index contributed by atoms with van der Waals surface area (Å²) in [6.45, 7) is 10.9. The van der Waals surface area contributed by atoms with Crippen molar-refractivity contribution in [2.45, 2.75) is 46.6 Å². The molecule has 0 aliphatic heterocycles. The average Bonchev–Trinajstić information content (AvgIpc) is 2.43. The van der Waals surface area contributed by atoms with Crippen LogP contribution in [0, 0.1) is 11.8 Å². The minimum atomic E-state index is -0.153. The molecule has 1 amide bonds. The molecule has 2 unspecified atom stereocenters. The lowest BCUT2D eigenvalue weighted by Crippen LogP contribution is -2.36. The highest BCUT2D eigenvalue weighted by Crippen LogP contribution is 2.17. The molecule has 1 aromatic carbocycles. The van der Waals surface area contributed by atoms with E-state index < -0.39 is 0 Å². The van der Waals surface area contributed by atoms with Gasteiger partial charge in [0.05, 0.1) is 0 Å². The maximum atomic E-state index is 11.9. The molecule has 20 heavy (non-hydrogen) atoms. The third kappa shape index (κ3) is 4.64. The van der Waals surface area contributed by atoms with Crippen LogP contribution >= 0.6 is 0 Å². The van der Waals surface area contributed by atoms with Crippen molar-refractivity contribution in [1.82, 2.24) is 5.32 Å². The zero-order chi connectivity index (χ0) is 15.3. The number of rotatable bonds is 6. The van der Waals surface area contributed by atoms with Crippen molar-refractivity contribution in [3.8, 4) is 0 Å². The van der Waals surface area contributed by atoms with Gasteiger partial charge < -0.3 is 11.1 Å². The number of nitrogens with two attached hydrogens (primary N) is 1. The number of hydrogen-bond acceptors (Lipinski definition) is 2. The van der Waals surface area contributed by atoms with Crippen molar-refractivity contribution in [1.29, 1.82) is 0 Å². The van der Waals surface area contributed by atoms with Crippen LogP contribution in [-0.2, 0) is 4.79 Å². The van der Waals surface area contributed by atoms with Gasteiger partial charge in [-0.25, -0.2) is 0 Å². The molecule has 0 aliphatic rings. The molecule has 0 saturated carbocycles. The molecule has 1 rings (SSSR count). The van der Waals surface area contributed by atoms with E-state index in [4.69, 9.17) is 5.73 Å². The fourth-order valence-corrected chi connectivity index (χ4v) is 1.92. The second kappa shape index (κ2) is 7.44. The summed E-state index contributed by atoms with van der Waals surface area (Å²) >= 11 is 0. The number of hydrogen-bond donors (Lipinski definition) is 2. The zero-order valence-corrected chi connectivity index (χ0v) is 13.3. The van der Waals surface area contributed by atoms with Gasteiger partial charge >= 0.3 is 0 Å². The molecule has 0 radical (unpaired) electrons. The molecule has 2 atom stereocenters. The number of benzene rings is 1. The molecule has 0 aliphatic carbocycles. The lowest BCUT2D eigenvalue weighted by atomic mass is 9.97. The Balaban J connectivity index is 2.54. The molecule has 1 aromatic rings. The maximum Gasteiger partial charge on any atom is 0.223 e. The predicted molar refractivity (Wildman–Crippen MR) is 84.5 cm³/mol. The molecule has 0 fully saturated rings. The van der Waals surface area contributed by atoms with Crippen molar-refractivity contribution in [2.24, 2.45) is 17.6 Å². The first-order valence-electron chi connectivity index (χ1n) is 7.46. The van der Waals surface area contributed by atoms with E-state index in [-0.39, 0.29) is 17.9 Å². The molecule has 0 saturated heterocycles. The molecule has 3 heteroatoms. The van der Waals surface area contributed by atoms with Gasteiger partial charge in [-0.15, -0.1) is 0 Å². The Morgan fingerprint density at radius 1 is 1.05 bits per heavy atom. The van der Waals surface area contributed by atoms with Crippen LogP contribution in [0.15, 0.2) is 24.3 Å². The van der Waals surface area contributed by atoms with Crippen molar-refractivity contribution >= 4 is 5.91 Å². The standard InChI is InChI=1S/C17H28N2O/c1-11(2)13(5)17(20)19-10-16(18)15-8-6-14(7-9-15)12(3)4/h6-9,11-13,16H,10,18H2,1-5H3,(H,19,20). The third-order valence-corrected chi connectivity index (χ3v) is 3.94. The molecule has 112 valence electrons. The Morgan fingerprint density at radius 2 is 1.55 bits per heavy atom. The van der Waals surface area contributed by atoms with E-state index in [1.54, 1.807) is 0 Å². The van der Waals surface area contributed by atoms with Gasteiger partial charge in [0, 0.05) is 18.5 Å². The summed E-state index contributed by atoms with van der Waals surface area (Å²) in [6, 6.07) is 8.17. The van der Waals surface area contributed by atoms with Crippen LogP contribution in [0.5, 0.6) is 0 Å². The van der Waals surface area contributed by atoms with E-state index in [9.17, 15) is 4.79 Å². The molecule has 0 bridgehead atoms. The number of carbonyl (C=O) groups is 1. The minimum absolute atomic E-state index is 0.0190. The van der Waals surface area contributed by atoms with Crippen LogP contribution in [0.4, 0.5) is 0 Å². The van der Waals surface area contributed by atoms with Crippen molar-refractivity contribution in [2.75, 3.05) is 6.54 Å². The van der Waals surface area contributed by atoms with Gasteiger partial charge in [0.1, 0.15) is 0 Å². The average molecular weight is 276 g/mol. The second-order valence-electron chi connectivity index (χ2n) is 6.21. The van der Waals surface area contributed by atoms with Crippen molar-refractivity contribution in [3.05, 3.63) is 35.4 Å². The van der Waals surface area contributed by atoms with E-state index in [1.165, 1.54) is 5.56 Å². The number of amides is 1. The first-order chi connectivity index (χ1) is 9.32. The van der Waals surface area contributed by atoms with Crippen LogP contribution in [0.1, 0.15) is 57.7 Å². The Kier molecular flexibility index (Phi) is 6.21. The maximum absolute atomic E-state index is 11.9. The van der Waals surface area contributed by atoms with Crippen LogP contribution in [0.3, 0.4) is 0 Å². The van der Waals surface area contributed by atoms with Crippen LogP contribution < -0.4 is 11.1 Å². The fourth-order valence-electron chi connectivity index (χ4n) is 1.92. The Morgan fingerprint density at radius 3 is 2.00 bits per heavy atom. The Bertz CT molecular complexity index is 423. The summed E-state index contributed by atoms with van der Waals surface area (Å²) < 4.78 is 0. The van der Waals surface area contributed by atoms with Gasteiger partial charge in [0.15, 0.2) is 0 Å². The molecule has 3 nitrogen and oxygen atoms in total. The fraction of sp³-hybridized carbons (Fsp3) is 0.588. The van der Waals surface area contributed by atoms with E-state index >= 15 is 0 Å². The molecular weight excluding hydrogens is 248 g/mol. The van der Waals surface area contributed by atoms with Crippen LogP contribution in [0.25, 0.3) is 0 Å². The number of carbonyl (C=O) groups excluding carboxylic acids is 1. The lowest BCUT2D eigenvalue weighted by molar-refractivity contribution is -0.125. The summed E-state index contributed by atoms with van der Waals surface area (Å²) in [5.41, 5.74) is 8.50. The van der Waals surface area contributed by atoms with Gasteiger partial charge in [-0.05, 0) is 23.0 Å². The monoisotopic (exact) mass is 276 g/mol. The first kappa shape index (κ1) is 16.7.